The van der Waals surface area contributed by atoms with E-state index in [1.54, 1.807) is 12.1 Å². The Morgan fingerprint density at radius 1 is 1.44 bits per heavy atom. The minimum atomic E-state index is -0.174. The van der Waals surface area contributed by atoms with Crippen LogP contribution >= 0.6 is 0 Å². The van der Waals surface area contributed by atoms with Gasteiger partial charge >= 0.3 is 0 Å². The van der Waals surface area contributed by atoms with Crippen molar-refractivity contribution in [1.82, 2.24) is 5.32 Å². The molecule has 0 radical (unpaired) electrons. The highest BCUT2D eigenvalue weighted by Gasteiger charge is 2.24. The van der Waals surface area contributed by atoms with Crippen molar-refractivity contribution in [1.29, 1.82) is 0 Å². The lowest BCUT2D eigenvalue weighted by Crippen LogP contribution is -2.30. The van der Waals surface area contributed by atoms with Gasteiger partial charge in [-0.3, -0.25) is 4.79 Å². The SMILES string of the molecule is Cc1ccc(C(=O)NCC2CCCC2C)c(O)c1. The molecule has 2 atom stereocenters. The van der Waals surface area contributed by atoms with Crippen molar-refractivity contribution in [2.75, 3.05) is 6.54 Å². The Kier molecular flexibility index (Phi) is 3.90. The van der Waals surface area contributed by atoms with Gasteiger partial charge in [-0.2, -0.15) is 0 Å². The Hall–Kier alpha value is -1.51. The molecule has 0 bridgehead atoms. The number of hydrogen-bond donors (Lipinski definition) is 2. The number of phenolic OH excluding ortho intramolecular Hbond substituents is 1. The van der Waals surface area contributed by atoms with E-state index in [2.05, 4.69) is 12.2 Å². The number of carbonyl (C=O) groups is 1. The Morgan fingerprint density at radius 2 is 2.22 bits per heavy atom. The van der Waals surface area contributed by atoms with Crippen LogP contribution in [0.2, 0.25) is 0 Å². The minimum absolute atomic E-state index is 0.0620. The molecule has 2 N–H and O–H groups in total. The predicted molar refractivity (Wildman–Crippen MR) is 71.7 cm³/mol. The van der Waals surface area contributed by atoms with Crippen LogP contribution in [-0.2, 0) is 0 Å². The first-order chi connectivity index (χ1) is 8.58. The summed E-state index contributed by atoms with van der Waals surface area (Å²) < 4.78 is 0. The van der Waals surface area contributed by atoms with E-state index >= 15 is 0 Å². The van der Waals surface area contributed by atoms with E-state index in [0.717, 1.165) is 5.56 Å². The summed E-state index contributed by atoms with van der Waals surface area (Å²) in [4.78, 5) is 12.0. The number of carbonyl (C=O) groups excluding carboxylic acids is 1. The van der Waals surface area contributed by atoms with E-state index in [1.165, 1.54) is 19.3 Å². The Morgan fingerprint density at radius 3 is 2.83 bits per heavy atom. The Bertz CT molecular complexity index is 442. The smallest absolute Gasteiger partial charge is 0.255 e. The average molecular weight is 247 g/mol. The molecule has 3 nitrogen and oxygen atoms in total. The van der Waals surface area contributed by atoms with Crippen LogP contribution in [0, 0.1) is 18.8 Å². The van der Waals surface area contributed by atoms with Crippen molar-refractivity contribution in [3.63, 3.8) is 0 Å². The van der Waals surface area contributed by atoms with Crippen molar-refractivity contribution in [2.24, 2.45) is 11.8 Å². The summed E-state index contributed by atoms with van der Waals surface area (Å²) in [7, 11) is 0. The van der Waals surface area contributed by atoms with E-state index in [9.17, 15) is 9.90 Å². The van der Waals surface area contributed by atoms with Gasteiger partial charge in [0.2, 0.25) is 0 Å². The van der Waals surface area contributed by atoms with Crippen molar-refractivity contribution in [3.05, 3.63) is 29.3 Å². The van der Waals surface area contributed by atoms with Crippen molar-refractivity contribution >= 4 is 5.91 Å². The third-order valence-corrected chi connectivity index (χ3v) is 3.96. The zero-order chi connectivity index (χ0) is 13.1. The van der Waals surface area contributed by atoms with Gasteiger partial charge in [0.25, 0.3) is 5.91 Å². The molecule has 2 rings (SSSR count). The van der Waals surface area contributed by atoms with Gasteiger partial charge in [-0.25, -0.2) is 0 Å². The van der Waals surface area contributed by atoms with Gasteiger partial charge in [0.15, 0.2) is 0 Å². The molecule has 3 heteroatoms. The molecule has 1 saturated carbocycles. The van der Waals surface area contributed by atoms with Crippen LogP contribution < -0.4 is 5.32 Å². The normalized spacial score (nSPS) is 23.0. The fourth-order valence-electron chi connectivity index (χ4n) is 2.68. The van der Waals surface area contributed by atoms with E-state index in [0.29, 0.717) is 23.9 Å². The number of nitrogens with one attached hydrogen (secondary N) is 1. The van der Waals surface area contributed by atoms with E-state index < -0.39 is 0 Å². The molecular weight excluding hydrogens is 226 g/mol. The summed E-state index contributed by atoms with van der Waals surface area (Å²) >= 11 is 0. The number of phenols is 1. The standard InChI is InChI=1S/C15H21NO2/c1-10-6-7-13(14(17)8-10)15(18)16-9-12-5-3-4-11(12)2/h6-8,11-12,17H,3-5,9H2,1-2H3,(H,16,18). The molecule has 1 aliphatic rings. The first-order valence-electron chi connectivity index (χ1n) is 6.65. The third kappa shape index (κ3) is 2.84. The second-order valence-corrected chi connectivity index (χ2v) is 5.40. The lowest BCUT2D eigenvalue weighted by Gasteiger charge is -2.16. The number of rotatable bonds is 3. The second-order valence-electron chi connectivity index (χ2n) is 5.40. The minimum Gasteiger partial charge on any atom is -0.507 e. The molecule has 0 spiro atoms. The topological polar surface area (TPSA) is 49.3 Å². The van der Waals surface area contributed by atoms with Gasteiger partial charge in [-0.05, 0) is 42.9 Å². The van der Waals surface area contributed by atoms with Gasteiger partial charge in [0.1, 0.15) is 5.75 Å². The number of hydrogen-bond acceptors (Lipinski definition) is 2. The van der Waals surface area contributed by atoms with Crippen molar-refractivity contribution in [2.45, 2.75) is 33.1 Å². The van der Waals surface area contributed by atoms with E-state index in [1.807, 2.05) is 13.0 Å². The summed E-state index contributed by atoms with van der Waals surface area (Å²) in [6.07, 6.45) is 3.72. The molecule has 1 aliphatic carbocycles. The maximum absolute atomic E-state index is 12.0. The van der Waals surface area contributed by atoms with Gasteiger partial charge in [-0.15, -0.1) is 0 Å². The quantitative estimate of drug-likeness (QED) is 0.863. The maximum Gasteiger partial charge on any atom is 0.255 e. The van der Waals surface area contributed by atoms with Crippen LogP contribution in [-0.4, -0.2) is 17.6 Å². The molecule has 0 heterocycles. The van der Waals surface area contributed by atoms with Crippen molar-refractivity contribution < 1.29 is 9.90 Å². The molecule has 1 amide bonds. The number of aryl methyl sites for hydroxylation is 1. The van der Waals surface area contributed by atoms with E-state index in [4.69, 9.17) is 0 Å². The second kappa shape index (κ2) is 5.42. The van der Waals surface area contributed by atoms with Gasteiger partial charge < -0.3 is 10.4 Å². The predicted octanol–water partition coefficient (Wildman–Crippen LogP) is 2.87. The fraction of sp³-hybridized carbons (Fsp3) is 0.533. The first-order valence-corrected chi connectivity index (χ1v) is 6.65. The number of aromatic hydroxyl groups is 1. The molecular formula is C15H21NO2. The molecule has 98 valence electrons. The summed E-state index contributed by atoms with van der Waals surface area (Å²) in [6.45, 7) is 4.85. The van der Waals surface area contributed by atoms with E-state index in [-0.39, 0.29) is 11.7 Å². The molecule has 1 fully saturated rings. The molecule has 0 saturated heterocycles. The molecule has 0 aromatic heterocycles. The van der Waals surface area contributed by atoms with Crippen LogP contribution in [0.4, 0.5) is 0 Å². The van der Waals surface area contributed by atoms with Crippen LogP contribution in [0.3, 0.4) is 0 Å². The maximum atomic E-state index is 12.0. The molecule has 0 aliphatic heterocycles. The highest BCUT2D eigenvalue weighted by atomic mass is 16.3. The molecule has 1 aromatic carbocycles. The lowest BCUT2D eigenvalue weighted by atomic mass is 9.98. The first kappa shape index (κ1) is 12.9. The Labute approximate surface area is 108 Å². The monoisotopic (exact) mass is 247 g/mol. The summed E-state index contributed by atoms with van der Waals surface area (Å²) in [5.74, 6) is 1.16. The Balaban J connectivity index is 1.95. The fourth-order valence-corrected chi connectivity index (χ4v) is 2.68. The summed E-state index contributed by atoms with van der Waals surface area (Å²) in [5.41, 5.74) is 1.32. The van der Waals surface area contributed by atoms with Crippen LogP contribution in [0.5, 0.6) is 5.75 Å². The van der Waals surface area contributed by atoms with Gasteiger partial charge in [0, 0.05) is 6.54 Å². The largest absolute Gasteiger partial charge is 0.507 e. The molecule has 18 heavy (non-hydrogen) atoms. The molecule has 1 aromatic rings. The third-order valence-electron chi connectivity index (χ3n) is 3.96. The summed E-state index contributed by atoms with van der Waals surface area (Å²) in [5, 5.41) is 12.7. The van der Waals surface area contributed by atoms with Crippen molar-refractivity contribution in [3.8, 4) is 5.75 Å². The highest BCUT2D eigenvalue weighted by Crippen LogP contribution is 2.30. The summed E-state index contributed by atoms with van der Waals surface area (Å²) in [6, 6.07) is 5.14. The lowest BCUT2D eigenvalue weighted by molar-refractivity contribution is 0.0942. The van der Waals surface area contributed by atoms with Crippen LogP contribution in [0.15, 0.2) is 18.2 Å². The van der Waals surface area contributed by atoms with Crippen LogP contribution in [0.1, 0.15) is 42.1 Å². The zero-order valence-corrected chi connectivity index (χ0v) is 11.1. The molecule has 2 unspecified atom stereocenters. The van der Waals surface area contributed by atoms with Crippen LogP contribution in [0.25, 0.3) is 0 Å². The highest BCUT2D eigenvalue weighted by molar-refractivity contribution is 5.96. The van der Waals surface area contributed by atoms with Gasteiger partial charge in [0.05, 0.1) is 5.56 Å². The van der Waals surface area contributed by atoms with Gasteiger partial charge in [-0.1, -0.05) is 25.8 Å². The number of amides is 1. The average Bonchev–Trinajstić information content (AvgIpc) is 2.72. The number of benzene rings is 1. The zero-order valence-electron chi connectivity index (χ0n) is 11.1.